The van der Waals surface area contributed by atoms with Gasteiger partial charge >= 0.3 is 5.97 Å². The van der Waals surface area contributed by atoms with E-state index < -0.39 is 10.5 Å². The van der Waals surface area contributed by atoms with Gasteiger partial charge in [-0.15, -0.1) is 0 Å². The van der Waals surface area contributed by atoms with Crippen molar-refractivity contribution in [2.24, 2.45) is 0 Å². The van der Waals surface area contributed by atoms with E-state index in [4.69, 9.17) is 4.52 Å². The third-order valence-electron chi connectivity index (χ3n) is 1.96. The van der Waals surface area contributed by atoms with E-state index >= 15 is 0 Å². The van der Waals surface area contributed by atoms with Gasteiger partial charge in [0, 0.05) is 19.1 Å². The number of hydrogen-bond donors (Lipinski definition) is 1. The monoisotopic (exact) mass is 254 g/mol. The van der Waals surface area contributed by atoms with Gasteiger partial charge in [0.1, 0.15) is 0 Å². The molecule has 0 unspecified atom stereocenters. The first kappa shape index (κ1) is 13.4. The third kappa shape index (κ3) is 3.17. The fourth-order valence-electron chi connectivity index (χ4n) is 1.05. The van der Waals surface area contributed by atoms with Gasteiger partial charge in [-0.25, -0.2) is 0 Å². The molecule has 1 heterocycles. The van der Waals surface area contributed by atoms with Crippen LogP contribution >= 0.6 is 0 Å². The highest BCUT2D eigenvalue weighted by Gasteiger charge is 2.10. The Kier molecular flexibility index (Phi) is 4.19. The van der Waals surface area contributed by atoms with Crippen LogP contribution in [0.3, 0.4) is 0 Å². The van der Waals surface area contributed by atoms with Gasteiger partial charge in [0.2, 0.25) is 0 Å². The number of esters is 1. The third-order valence-corrected chi connectivity index (χ3v) is 1.96. The van der Waals surface area contributed by atoms with Gasteiger partial charge in [-0.1, -0.05) is 0 Å². The predicted octanol–water partition coefficient (Wildman–Crippen LogP) is 1.21. The number of ether oxygens (including phenoxy) is 1. The second kappa shape index (κ2) is 5.62. The summed E-state index contributed by atoms with van der Waals surface area (Å²) in [6.07, 6.45) is 0. The number of non-ortho nitro benzene ring substituents is 1. The molecule has 1 aromatic carbocycles. The van der Waals surface area contributed by atoms with E-state index in [1.807, 2.05) is 0 Å². The van der Waals surface area contributed by atoms with Crippen LogP contribution in [0.1, 0.15) is 6.92 Å². The molecule has 0 atom stereocenters. The fourth-order valence-corrected chi connectivity index (χ4v) is 1.05. The molecule has 2 rings (SSSR count). The SMILES string of the molecule is COC(C)=O.O=c1[nH]oc2ccc([N+](=O)[O-])cc12. The Labute approximate surface area is 100 Å². The molecule has 0 aliphatic heterocycles. The smallest absolute Gasteiger partial charge is 0.302 e. The summed E-state index contributed by atoms with van der Waals surface area (Å²) in [6, 6.07) is 3.84. The lowest BCUT2D eigenvalue weighted by Crippen LogP contribution is -1.97. The van der Waals surface area contributed by atoms with Gasteiger partial charge in [-0.3, -0.25) is 19.7 Å². The highest BCUT2D eigenvalue weighted by molar-refractivity contribution is 5.78. The van der Waals surface area contributed by atoms with E-state index in [-0.39, 0.29) is 17.0 Å². The summed E-state index contributed by atoms with van der Waals surface area (Å²) in [5, 5.41) is 12.6. The molecule has 0 spiro atoms. The number of H-pyrrole nitrogens is 1. The summed E-state index contributed by atoms with van der Waals surface area (Å²) < 4.78 is 8.83. The number of nitrogens with zero attached hydrogens (tertiary/aromatic N) is 1. The number of nitrogens with one attached hydrogen (secondary N) is 1. The van der Waals surface area contributed by atoms with Crippen LogP contribution in [0, 0.1) is 10.1 Å². The number of aromatic nitrogens is 1. The van der Waals surface area contributed by atoms with Crippen LogP contribution in [0.25, 0.3) is 11.0 Å². The maximum absolute atomic E-state index is 11.0. The van der Waals surface area contributed by atoms with Crippen molar-refractivity contribution in [3.63, 3.8) is 0 Å². The molecule has 1 N–H and O–H groups in total. The summed E-state index contributed by atoms with van der Waals surface area (Å²) >= 11 is 0. The zero-order chi connectivity index (χ0) is 13.7. The van der Waals surface area contributed by atoms with Crippen molar-refractivity contribution in [2.45, 2.75) is 6.92 Å². The molecule has 0 radical (unpaired) electrons. The van der Waals surface area contributed by atoms with Crippen LogP contribution in [-0.4, -0.2) is 23.2 Å². The van der Waals surface area contributed by atoms with E-state index in [0.717, 1.165) is 0 Å². The average molecular weight is 254 g/mol. The molecular formula is C10H10N2O6. The van der Waals surface area contributed by atoms with E-state index in [1.165, 1.54) is 32.2 Å². The lowest BCUT2D eigenvalue weighted by molar-refractivity contribution is -0.384. The molecule has 0 aliphatic carbocycles. The minimum atomic E-state index is -0.564. The Morgan fingerprint density at radius 1 is 1.50 bits per heavy atom. The lowest BCUT2D eigenvalue weighted by atomic mass is 10.2. The maximum atomic E-state index is 11.0. The quantitative estimate of drug-likeness (QED) is 0.464. The van der Waals surface area contributed by atoms with Gasteiger partial charge in [0.25, 0.3) is 11.2 Å². The Morgan fingerprint density at radius 2 is 2.11 bits per heavy atom. The topological polar surface area (TPSA) is 115 Å². The summed E-state index contributed by atoms with van der Waals surface area (Å²) in [6.45, 7) is 1.36. The van der Waals surface area contributed by atoms with Crippen LogP contribution < -0.4 is 5.56 Å². The lowest BCUT2D eigenvalue weighted by Gasteiger charge is -1.87. The largest absolute Gasteiger partial charge is 0.469 e. The Morgan fingerprint density at radius 3 is 2.61 bits per heavy atom. The molecule has 0 saturated carbocycles. The van der Waals surface area contributed by atoms with Crippen molar-refractivity contribution in [1.82, 2.24) is 5.16 Å². The molecule has 0 aliphatic rings. The first-order chi connectivity index (χ1) is 8.45. The molecule has 96 valence electrons. The van der Waals surface area contributed by atoms with Gasteiger partial charge in [0.05, 0.1) is 17.4 Å². The standard InChI is InChI=1S/C7H4N2O4.C3H6O2/c10-7-5-3-4(9(11)12)1-2-6(5)13-8-7;1-3(4)5-2/h1-3H,(H,8,10);1-2H3. The van der Waals surface area contributed by atoms with Crippen LogP contribution in [0.4, 0.5) is 5.69 Å². The summed E-state index contributed by atoms with van der Waals surface area (Å²) in [7, 11) is 1.35. The molecule has 8 heteroatoms. The van der Waals surface area contributed by atoms with Gasteiger partial charge in [-0.05, 0) is 6.07 Å². The Hall–Kier alpha value is -2.64. The fraction of sp³-hybridized carbons (Fsp3) is 0.200. The number of methoxy groups -OCH3 is 1. The molecule has 8 nitrogen and oxygen atoms in total. The van der Waals surface area contributed by atoms with Crippen molar-refractivity contribution < 1.29 is 19.0 Å². The molecule has 0 saturated heterocycles. The highest BCUT2D eigenvalue weighted by atomic mass is 16.6. The van der Waals surface area contributed by atoms with E-state index in [9.17, 15) is 19.7 Å². The average Bonchev–Trinajstić information content (AvgIpc) is 2.71. The Bertz CT molecular complexity index is 627. The van der Waals surface area contributed by atoms with Crippen molar-refractivity contribution in [1.29, 1.82) is 0 Å². The second-order valence-corrected chi connectivity index (χ2v) is 3.17. The predicted molar refractivity (Wildman–Crippen MR) is 61.2 cm³/mol. The number of benzene rings is 1. The Balaban J connectivity index is 0.000000280. The van der Waals surface area contributed by atoms with E-state index in [2.05, 4.69) is 9.89 Å². The summed E-state index contributed by atoms with van der Waals surface area (Å²) in [4.78, 5) is 30.3. The molecular weight excluding hydrogens is 244 g/mol. The summed E-state index contributed by atoms with van der Waals surface area (Å²) in [5.74, 6) is -0.245. The van der Waals surface area contributed by atoms with Gasteiger partial charge in [0.15, 0.2) is 5.58 Å². The number of nitro groups is 1. The molecule has 1 aromatic heterocycles. The molecule has 0 amide bonds. The van der Waals surface area contributed by atoms with Crippen molar-refractivity contribution in [3.8, 4) is 0 Å². The molecule has 0 fully saturated rings. The van der Waals surface area contributed by atoms with Crippen molar-refractivity contribution in [2.75, 3.05) is 7.11 Å². The minimum Gasteiger partial charge on any atom is -0.469 e. The van der Waals surface area contributed by atoms with Crippen LogP contribution in [0.5, 0.6) is 0 Å². The van der Waals surface area contributed by atoms with Gasteiger partial charge in [-0.2, -0.15) is 5.16 Å². The van der Waals surface area contributed by atoms with Crippen LogP contribution in [-0.2, 0) is 9.53 Å². The number of aromatic amines is 1. The number of carbonyl (C=O) groups is 1. The zero-order valence-electron chi connectivity index (χ0n) is 9.63. The second-order valence-electron chi connectivity index (χ2n) is 3.17. The van der Waals surface area contributed by atoms with E-state index in [0.29, 0.717) is 5.58 Å². The number of carbonyl (C=O) groups excluding carboxylic acids is 1. The number of rotatable bonds is 1. The summed E-state index contributed by atoms with van der Waals surface area (Å²) in [5.41, 5.74) is -0.270. The maximum Gasteiger partial charge on any atom is 0.302 e. The van der Waals surface area contributed by atoms with E-state index in [1.54, 1.807) is 0 Å². The number of nitro benzene ring substituents is 1. The number of fused-ring (bicyclic) bond motifs is 1. The normalized spacial score (nSPS) is 9.44. The number of hydrogen-bond acceptors (Lipinski definition) is 6. The molecule has 0 bridgehead atoms. The van der Waals surface area contributed by atoms with Crippen molar-refractivity contribution in [3.05, 3.63) is 38.7 Å². The highest BCUT2D eigenvalue weighted by Crippen LogP contribution is 2.17. The molecule has 18 heavy (non-hydrogen) atoms. The molecule has 2 aromatic rings. The van der Waals surface area contributed by atoms with Crippen LogP contribution in [0.2, 0.25) is 0 Å². The first-order valence-electron chi connectivity index (χ1n) is 4.76. The zero-order valence-corrected chi connectivity index (χ0v) is 9.63. The minimum absolute atomic E-state index is 0.126. The van der Waals surface area contributed by atoms with Crippen molar-refractivity contribution >= 4 is 22.6 Å². The first-order valence-corrected chi connectivity index (χ1v) is 4.76. The van der Waals surface area contributed by atoms with Gasteiger partial charge < -0.3 is 9.26 Å². The van der Waals surface area contributed by atoms with Crippen LogP contribution in [0.15, 0.2) is 27.5 Å².